The molecule has 0 radical (unpaired) electrons. The van der Waals surface area contributed by atoms with Crippen LogP contribution >= 0.6 is 0 Å². The fourth-order valence-corrected chi connectivity index (χ4v) is 2.11. The minimum absolute atomic E-state index is 0.0137. The number of hydrogen-bond acceptors (Lipinski definition) is 5. The van der Waals surface area contributed by atoms with Crippen molar-refractivity contribution >= 4 is 0 Å². The molecule has 1 aromatic carbocycles. The van der Waals surface area contributed by atoms with E-state index in [2.05, 4.69) is 12.3 Å². The lowest BCUT2D eigenvalue weighted by molar-refractivity contribution is 0.169. The third-order valence-electron chi connectivity index (χ3n) is 3.30. The third-order valence-corrected chi connectivity index (χ3v) is 3.30. The van der Waals surface area contributed by atoms with E-state index in [1.165, 1.54) is 0 Å². The molecule has 5 nitrogen and oxygen atoms in total. The summed E-state index contributed by atoms with van der Waals surface area (Å²) < 4.78 is 15.8. The number of nitrogens with two attached hydrogens (primary N) is 1. The number of methoxy groups -OCH3 is 3. The van der Waals surface area contributed by atoms with Crippen LogP contribution in [0, 0.1) is 5.92 Å². The minimum Gasteiger partial charge on any atom is -0.497 e. The second-order valence-corrected chi connectivity index (χ2v) is 4.51. The molecule has 0 amide bonds. The maximum absolute atomic E-state index is 5.71. The number of hydrogen-bond donors (Lipinski definition) is 2. The number of rotatable bonds is 8. The van der Waals surface area contributed by atoms with Gasteiger partial charge in [0.15, 0.2) is 0 Å². The Hall–Kier alpha value is -1.30. The van der Waals surface area contributed by atoms with Crippen molar-refractivity contribution in [2.75, 3.05) is 27.9 Å². The highest BCUT2D eigenvalue weighted by molar-refractivity contribution is 5.42. The van der Waals surface area contributed by atoms with Gasteiger partial charge in [-0.1, -0.05) is 6.92 Å². The molecule has 2 unspecified atom stereocenters. The summed E-state index contributed by atoms with van der Waals surface area (Å²) in [5.74, 6) is 7.60. The molecule has 0 bridgehead atoms. The van der Waals surface area contributed by atoms with Gasteiger partial charge in [0.2, 0.25) is 0 Å². The molecule has 0 aliphatic carbocycles. The quantitative estimate of drug-likeness (QED) is 0.556. The molecule has 0 saturated heterocycles. The summed E-state index contributed by atoms with van der Waals surface area (Å²) in [4.78, 5) is 0. The SMILES string of the molecule is COCCC(C)C(NN)c1cc(OC)ccc1OC. The van der Waals surface area contributed by atoms with Crippen molar-refractivity contribution in [3.05, 3.63) is 23.8 Å². The highest BCUT2D eigenvalue weighted by atomic mass is 16.5. The molecule has 0 aromatic heterocycles. The zero-order valence-corrected chi connectivity index (χ0v) is 12.1. The lowest BCUT2D eigenvalue weighted by Gasteiger charge is -2.25. The molecule has 5 heteroatoms. The second-order valence-electron chi connectivity index (χ2n) is 4.51. The molecule has 0 heterocycles. The van der Waals surface area contributed by atoms with Gasteiger partial charge in [-0.25, -0.2) is 0 Å². The summed E-state index contributed by atoms with van der Waals surface area (Å²) in [7, 11) is 4.99. The van der Waals surface area contributed by atoms with E-state index in [1.54, 1.807) is 21.3 Å². The second kappa shape index (κ2) is 7.99. The number of ether oxygens (including phenoxy) is 3. The average molecular weight is 268 g/mol. The van der Waals surface area contributed by atoms with Crippen LogP contribution < -0.4 is 20.7 Å². The highest BCUT2D eigenvalue weighted by Gasteiger charge is 2.22. The number of benzene rings is 1. The van der Waals surface area contributed by atoms with Crippen LogP contribution in [0.4, 0.5) is 0 Å². The monoisotopic (exact) mass is 268 g/mol. The Morgan fingerprint density at radius 3 is 2.47 bits per heavy atom. The predicted molar refractivity (Wildman–Crippen MR) is 75.3 cm³/mol. The lowest BCUT2D eigenvalue weighted by atomic mass is 9.92. The van der Waals surface area contributed by atoms with Crippen LogP contribution in [-0.2, 0) is 4.74 Å². The highest BCUT2D eigenvalue weighted by Crippen LogP contribution is 2.33. The summed E-state index contributed by atoms with van der Waals surface area (Å²) in [6, 6.07) is 5.70. The summed E-state index contributed by atoms with van der Waals surface area (Å²) in [6.07, 6.45) is 0.908. The Bertz CT molecular complexity index is 385. The number of nitrogens with one attached hydrogen (secondary N) is 1. The Kier molecular flexibility index (Phi) is 6.62. The maximum Gasteiger partial charge on any atom is 0.123 e. The molecule has 3 N–H and O–H groups in total. The standard InChI is InChI=1S/C14H24N2O3/c1-10(7-8-17-2)14(16-15)12-9-11(18-3)5-6-13(12)19-4/h5-6,9-10,14,16H,7-8,15H2,1-4H3. The predicted octanol–water partition coefficient (Wildman–Crippen LogP) is 1.88. The van der Waals surface area contributed by atoms with Crippen LogP contribution in [0.1, 0.15) is 24.9 Å². The summed E-state index contributed by atoms with van der Waals surface area (Å²) in [5.41, 5.74) is 3.86. The molecule has 19 heavy (non-hydrogen) atoms. The number of hydrazine groups is 1. The Morgan fingerprint density at radius 1 is 1.21 bits per heavy atom. The van der Waals surface area contributed by atoms with Gasteiger partial charge in [-0.05, 0) is 30.5 Å². The van der Waals surface area contributed by atoms with Crippen LogP contribution in [-0.4, -0.2) is 27.9 Å². The van der Waals surface area contributed by atoms with Gasteiger partial charge in [0.05, 0.1) is 20.3 Å². The molecule has 0 saturated carbocycles. The van der Waals surface area contributed by atoms with Crippen molar-refractivity contribution in [1.29, 1.82) is 0 Å². The van der Waals surface area contributed by atoms with Gasteiger partial charge >= 0.3 is 0 Å². The van der Waals surface area contributed by atoms with E-state index in [4.69, 9.17) is 20.1 Å². The normalized spacial score (nSPS) is 13.9. The van der Waals surface area contributed by atoms with E-state index >= 15 is 0 Å². The van der Waals surface area contributed by atoms with Crippen LogP contribution in [0.25, 0.3) is 0 Å². The van der Waals surface area contributed by atoms with Crippen LogP contribution in [0.3, 0.4) is 0 Å². The first kappa shape index (κ1) is 15.8. The van der Waals surface area contributed by atoms with E-state index in [9.17, 15) is 0 Å². The zero-order chi connectivity index (χ0) is 14.3. The molecule has 0 spiro atoms. The van der Waals surface area contributed by atoms with Crippen LogP contribution in [0.5, 0.6) is 11.5 Å². The van der Waals surface area contributed by atoms with Crippen molar-refractivity contribution in [2.24, 2.45) is 11.8 Å². The third kappa shape index (κ3) is 4.09. The van der Waals surface area contributed by atoms with Gasteiger partial charge in [-0.2, -0.15) is 0 Å². The molecule has 1 aromatic rings. The molecular formula is C14H24N2O3. The van der Waals surface area contributed by atoms with E-state index < -0.39 is 0 Å². The fourth-order valence-electron chi connectivity index (χ4n) is 2.11. The first-order valence-electron chi connectivity index (χ1n) is 6.34. The first-order chi connectivity index (χ1) is 9.17. The summed E-state index contributed by atoms with van der Waals surface area (Å²) >= 11 is 0. The molecule has 0 aliphatic heterocycles. The van der Waals surface area contributed by atoms with Crippen molar-refractivity contribution < 1.29 is 14.2 Å². The van der Waals surface area contributed by atoms with E-state index in [0.29, 0.717) is 12.5 Å². The van der Waals surface area contributed by atoms with Crippen LogP contribution in [0.15, 0.2) is 18.2 Å². The minimum atomic E-state index is -0.0137. The Morgan fingerprint density at radius 2 is 1.95 bits per heavy atom. The first-order valence-corrected chi connectivity index (χ1v) is 6.34. The smallest absolute Gasteiger partial charge is 0.123 e. The fraction of sp³-hybridized carbons (Fsp3) is 0.571. The van der Waals surface area contributed by atoms with Gasteiger partial charge in [0, 0.05) is 19.3 Å². The average Bonchev–Trinajstić information content (AvgIpc) is 2.45. The summed E-state index contributed by atoms with van der Waals surface area (Å²) in [5, 5.41) is 0. The molecule has 0 fully saturated rings. The zero-order valence-electron chi connectivity index (χ0n) is 12.1. The topological polar surface area (TPSA) is 65.7 Å². The molecule has 1 rings (SSSR count). The lowest BCUT2D eigenvalue weighted by Crippen LogP contribution is -2.33. The Balaban J connectivity index is 3.01. The van der Waals surface area contributed by atoms with E-state index in [1.807, 2.05) is 18.2 Å². The van der Waals surface area contributed by atoms with Gasteiger partial charge in [-0.3, -0.25) is 11.3 Å². The van der Waals surface area contributed by atoms with Gasteiger partial charge < -0.3 is 14.2 Å². The van der Waals surface area contributed by atoms with Crippen molar-refractivity contribution in [1.82, 2.24) is 5.43 Å². The van der Waals surface area contributed by atoms with Crippen molar-refractivity contribution in [3.63, 3.8) is 0 Å². The van der Waals surface area contributed by atoms with Gasteiger partial charge in [0.1, 0.15) is 11.5 Å². The van der Waals surface area contributed by atoms with Crippen LogP contribution in [0.2, 0.25) is 0 Å². The van der Waals surface area contributed by atoms with Crippen molar-refractivity contribution in [3.8, 4) is 11.5 Å². The largest absolute Gasteiger partial charge is 0.497 e. The molecule has 108 valence electrons. The summed E-state index contributed by atoms with van der Waals surface area (Å²) in [6.45, 7) is 2.83. The molecule has 0 aliphatic rings. The van der Waals surface area contributed by atoms with Crippen molar-refractivity contribution in [2.45, 2.75) is 19.4 Å². The Labute approximate surface area is 115 Å². The molecular weight excluding hydrogens is 244 g/mol. The van der Waals surface area contributed by atoms with E-state index in [-0.39, 0.29) is 6.04 Å². The van der Waals surface area contributed by atoms with Gasteiger partial charge in [0.25, 0.3) is 0 Å². The van der Waals surface area contributed by atoms with Gasteiger partial charge in [-0.15, -0.1) is 0 Å². The maximum atomic E-state index is 5.71. The van der Waals surface area contributed by atoms with E-state index in [0.717, 1.165) is 23.5 Å². The molecule has 2 atom stereocenters.